The number of fused-ring (bicyclic) bond motifs is 1. The second-order valence-corrected chi connectivity index (χ2v) is 4.14. The Morgan fingerprint density at radius 1 is 1.46 bits per heavy atom. The van der Waals surface area contributed by atoms with Gasteiger partial charge in [-0.1, -0.05) is 11.6 Å². The minimum absolute atomic E-state index is 0.632. The van der Waals surface area contributed by atoms with Gasteiger partial charge in [0, 0.05) is 10.9 Å². The van der Waals surface area contributed by atoms with Crippen LogP contribution in [0.25, 0.3) is 10.1 Å². The van der Waals surface area contributed by atoms with Crippen molar-refractivity contribution < 1.29 is 4.79 Å². The topological polar surface area (TPSA) is 43.1 Å². The van der Waals surface area contributed by atoms with Gasteiger partial charge in [-0.15, -0.1) is 11.3 Å². The highest BCUT2D eigenvalue weighted by atomic mass is 35.5. The Labute approximate surface area is 83.9 Å². The summed E-state index contributed by atoms with van der Waals surface area (Å²) >= 11 is 7.33. The largest absolute Gasteiger partial charge is 0.391 e. The Hall–Kier alpha value is -1.06. The third-order valence-electron chi connectivity index (χ3n) is 1.82. The van der Waals surface area contributed by atoms with Gasteiger partial charge in [0.2, 0.25) is 0 Å². The van der Waals surface area contributed by atoms with E-state index in [0.29, 0.717) is 15.6 Å². The molecule has 66 valence electrons. The molecule has 2 aromatic rings. The maximum Gasteiger partial charge on any atom is 0.150 e. The molecule has 0 aliphatic rings. The van der Waals surface area contributed by atoms with Crippen molar-refractivity contribution >= 4 is 44.3 Å². The number of hydrogen-bond donors (Lipinski definition) is 1. The van der Waals surface area contributed by atoms with E-state index in [0.717, 1.165) is 16.4 Å². The standard InChI is InChI=1S/C9H6ClNOS/c10-7-2-1-5(4-12)6-3-8(11)13-9(6)7/h1-4H,11H2. The number of carbonyl (C=O) groups excluding carboxylic acids is 1. The van der Waals surface area contributed by atoms with Crippen LogP contribution in [0.3, 0.4) is 0 Å². The molecule has 0 amide bonds. The molecule has 1 heterocycles. The number of carbonyl (C=O) groups is 1. The zero-order valence-electron chi connectivity index (χ0n) is 6.58. The van der Waals surface area contributed by atoms with E-state index in [9.17, 15) is 4.79 Å². The molecule has 0 saturated carbocycles. The summed E-state index contributed by atoms with van der Waals surface area (Å²) in [5.74, 6) is 0. The molecule has 2 nitrogen and oxygen atoms in total. The van der Waals surface area contributed by atoms with Crippen LogP contribution in [-0.2, 0) is 0 Å². The molecule has 0 unspecified atom stereocenters. The summed E-state index contributed by atoms with van der Waals surface area (Å²) in [6.45, 7) is 0. The summed E-state index contributed by atoms with van der Waals surface area (Å²) in [4.78, 5) is 10.7. The minimum atomic E-state index is 0.632. The van der Waals surface area contributed by atoms with Crippen molar-refractivity contribution in [3.05, 3.63) is 28.8 Å². The number of halogens is 1. The monoisotopic (exact) mass is 211 g/mol. The lowest BCUT2D eigenvalue weighted by Crippen LogP contribution is -1.79. The smallest absolute Gasteiger partial charge is 0.150 e. The number of aldehydes is 1. The van der Waals surface area contributed by atoms with Gasteiger partial charge in [-0.3, -0.25) is 4.79 Å². The van der Waals surface area contributed by atoms with Crippen LogP contribution in [0, 0.1) is 0 Å². The van der Waals surface area contributed by atoms with E-state index in [1.165, 1.54) is 11.3 Å². The van der Waals surface area contributed by atoms with E-state index in [2.05, 4.69) is 0 Å². The van der Waals surface area contributed by atoms with E-state index in [1.807, 2.05) is 0 Å². The molecule has 13 heavy (non-hydrogen) atoms. The Morgan fingerprint density at radius 3 is 2.92 bits per heavy atom. The van der Waals surface area contributed by atoms with Crippen LogP contribution < -0.4 is 5.73 Å². The fraction of sp³-hybridized carbons (Fsp3) is 0. The van der Waals surface area contributed by atoms with Crippen molar-refractivity contribution in [3.8, 4) is 0 Å². The number of benzene rings is 1. The van der Waals surface area contributed by atoms with Crippen LogP contribution in [0.15, 0.2) is 18.2 Å². The molecular weight excluding hydrogens is 206 g/mol. The van der Waals surface area contributed by atoms with Gasteiger partial charge in [0.15, 0.2) is 6.29 Å². The van der Waals surface area contributed by atoms with Gasteiger partial charge in [-0.25, -0.2) is 0 Å². The van der Waals surface area contributed by atoms with Crippen molar-refractivity contribution in [2.45, 2.75) is 0 Å². The molecule has 0 radical (unpaired) electrons. The summed E-state index contributed by atoms with van der Waals surface area (Å²) in [6.07, 6.45) is 0.810. The highest BCUT2D eigenvalue weighted by Gasteiger charge is 2.07. The van der Waals surface area contributed by atoms with Crippen molar-refractivity contribution in [1.29, 1.82) is 0 Å². The second-order valence-electron chi connectivity index (χ2n) is 2.65. The van der Waals surface area contributed by atoms with E-state index in [-0.39, 0.29) is 0 Å². The molecule has 1 aromatic carbocycles. The summed E-state index contributed by atoms with van der Waals surface area (Å²) in [5, 5.41) is 2.15. The Bertz CT molecular complexity index is 478. The summed E-state index contributed by atoms with van der Waals surface area (Å²) < 4.78 is 0.878. The molecule has 4 heteroatoms. The van der Waals surface area contributed by atoms with Gasteiger partial charge in [0.05, 0.1) is 14.7 Å². The number of hydrogen-bond acceptors (Lipinski definition) is 3. The summed E-state index contributed by atoms with van der Waals surface area (Å²) in [6, 6.07) is 5.18. The molecule has 0 aliphatic carbocycles. The van der Waals surface area contributed by atoms with E-state index in [4.69, 9.17) is 17.3 Å². The van der Waals surface area contributed by atoms with E-state index < -0.39 is 0 Å². The molecule has 0 saturated heterocycles. The predicted octanol–water partition coefficient (Wildman–Crippen LogP) is 2.95. The maximum absolute atomic E-state index is 10.7. The molecule has 0 spiro atoms. The molecular formula is C9H6ClNOS. The average Bonchev–Trinajstić information content (AvgIpc) is 2.48. The quantitative estimate of drug-likeness (QED) is 0.737. The Balaban J connectivity index is 2.91. The third kappa shape index (κ3) is 1.30. The van der Waals surface area contributed by atoms with Gasteiger partial charge in [0.25, 0.3) is 0 Å². The van der Waals surface area contributed by atoms with E-state index >= 15 is 0 Å². The van der Waals surface area contributed by atoms with Gasteiger partial charge < -0.3 is 5.73 Å². The zero-order valence-corrected chi connectivity index (χ0v) is 8.15. The first kappa shape index (κ1) is 8.53. The molecule has 0 atom stereocenters. The van der Waals surface area contributed by atoms with Crippen LogP contribution in [0.2, 0.25) is 5.02 Å². The number of thiophene rings is 1. The first-order valence-electron chi connectivity index (χ1n) is 3.65. The lowest BCUT2D eigenvalue weighted by molar-refractivity contribution is 0.112. The van der Waals surface area contributed by atoms with Gasteiger partial charge in [-0.05, 0) is 18.2 Å². The Kier molecular flexibility index (Phi) is 1.98. The number of rotatable bonds is 1. The van der Waals surface area contributed by atoms with Gasteiger partial charge >= 0.3 is 0 Å². The predicted molar refractivity (Wildman–Crippen MR) is 56.6 cm³/mol. The van der Waals surface area contributed by atoms with Gasteiger partial charge in [0.1, 0.15) is 0 Å². The van der Waals surface area contributed by atoms with Crippen molar-refractivity contribution in [3.63, 3.8) is 0 Å². The zero-order chi connectivity index (χ0) is 9.42. The fourth-order valence-electron chi connectivity index (χ4n) is 1.23. The number of nitrogen functional groups attached to an aromatic ring is 1. The highest BCUT2D eigenvalue weighted by molar-refractivity contribution is 7.23. The van der Waals surface area contributed by atoms with Crippen LogP contribution in [0.4, 0.5) is 5.00 Å². The normalized spacial score (nSPS) is 10.5. The molecule has 0 fully saturated rings. The van der Waals surface area contributed by atoms with E-state index in [1.54, 1.807) is 18.2 Å². The third-order valence-corrected chi connectivity index (χ3v) is 3.24. The van der Waals surface area contributed by atoms with Crippen LogP contribution in [0.1, 0.15) is 10.4 Å². The number of anilines is 1. The molecule has 2 rings (SSSR count). The van der Waals surface area contributed by atoms with Crippen molar-refractivity contribution in [1.82, 2.24) is 0 Å². The SMILES string of the molecule is Nc1cc2c(C=O)ccc(Cl)c2s1. The lowest BCUT2D eigenvalue weighted by atomic mass is 10.1. The maximum atomic E-state index is 10.7. The van der Waals surface area contributed by atoms with Gasteiger partial charge in [-0.2, -0.15) is 0 Å². The van der Waals surface area contributed by atoms with Crippen LogP contribution in [-0.4, -0.2) is 6.29 Å². The minimum Gasteiger partial charge on any atom is -0.391 e. The fourth-order valence-corrected chi connectivity index (χ4v) is 2.38. The molecule has 0 bridgehead atoms. The van der Waals surface area contributed by atoms with Crippen molar-refractivity contribution in [2.24, 2.45) is 0 Å². The average molecular weight is 212 g/mol. The summed E-state index contributed by atoms with van der Waals surface area (Å²) in [7, 11) is 0. The molecule has 1 aromatic heterocycles. The lowest BCUT2D eigenvalue weighted by Gasteiger charge is -1.95. The number of nitrogens with two attached hydrogens (primary N) is 1. The highest BCUT2D eigenvalue weighted by Crippen LogP contribution is 2.34. The van der Waals surface area contributed by atoms with Crippen molar-refractivity contribution in [2.75, 3.05) is 5.73 Å². The Morgan fingerprint density at radius 2 is 2.23 bits per heavy atom. The molecule has 2 N–H and O–H groups in total. The van der Waals surface area contributed by atoms with Crippen LogP contribution >= 0.6 is 22.9 Å². The first-order valence-corrected chi connectivity index (χ1v) is 4.84. The summed E-state index contributed by atoms with van der Waals surface area (Å²) in [5.41, 5.74) is 6.26. The van der Waals surface area contributed by atoms with Crippen LogP contribution in [0.5, 0.6) is 0 Å². The molecule has 0 aliphatic heterocycles. The first-order chi connectivity index (χ1) is 6.22. The second kappa shape index (κ2) is 3.01.